The molecule has 1 amide bonds. The van der Waals surface area contributed by atoms with E-state index >= 15 is 0 Å². The number of para-hydroxylation sites is 2. The van der Waals surface area contributed by atoms with Gasteiger partial charge in [-0.2, -0.15) is 0 Å². The first-order valence-electron chi connectivity index (χ1n) is 9.06. The number of nitrogens with zero attached hydrogens (tertiary/aromatic N) is 2. The zero-order chi connectivity index (χ0) is 18.5. The van der Waals surface area contributed by atoms with E-state index in [1.165, 1.54) is 5.52 Å². The van der Waals surface area contributed by atoms with Crippen molar-refractivity contribution in [3.05, 3.63) is 64.4 Å². The zero-order valence-electron chi connectivity index (χ0n) is 15.2. The minimum Gasteiger partial charge on any atom is -0.352 e. The molecule has 3 aromatic rings. The maximum atomic E-state index is 12.3. The lowest BCUT2D eigenvalue weighted by atomic mass is 10.1. The number of fused-ring (bicyclic) bond motifs is 1. The second-order valence-corrected chi connectivity index (χ2v) is 7.57. The topological polar surface area (TPSA) is 46.9 Å². The molecule has 1 atom stereocenters. The van der Waals surface area contributed by atoms with E-state index in [4.69, 9.17) is 4.98 Å². The van der Waals surface area contributed by atoms with Crippen LogP contribution < -0.4 is 5.32 Å². The van der Waals surface area contributed by atoms with E-state index in [1.807, 2.05) is 36.4 Å². The van der Waals surface area contributed by atoms with Gasteiger partial charge in [-0.25, -0.2) is 4.98 Å². The number of halogens is 1. The molecule has 5 heteroatoms. The highest BCUT2D eigenvalue weighted by atomic mass is 79.9. The molecule has 1 aromatic heterocycles. The molecule has 0 aliphatic heterocycles. The van der Waals surface area contributed by atoms with Gasteiger partial charge < -0.3 is 9.88 Å². The van der Waals surface area contributed by atoms with Gasteiger partial charge in [0.2, 0.25) is 0 Å². The molecular formula is C21H24BrN3O. The molecule has 2 aromatic carbocycles. The summed E-state index contributed by atoms with van der Waals surface area (Å²) in [6.45, 7) is 5.99. The molecule has 0 aliphatic rings. The molecule has 0 saturated carbocycles. The number of amides is 1. The Balaban J connectivity index is 1.70. The Morgan fingerprint density at radius 1 is 1.19 bits per heavy atom. The van der Waals surface area contributed by atoms with Crippen LogP contribution in [0.5, 0.6) is 0 Å². The van der Waals surface area contributed by atoms with Crippen molar-refractivity contribution in [3.63, 3.8) is 0 Å². The number of carbonyl (C=O) groups is 1. The van der Waals surface area contributed by atoms with E-state index in [-0.39, 0.29) is 5.91 Å². The van der Waals surface area contributed by atoms with Gasteiger partial charge in [-0.3, -0.25) is 4.79 Å². The first-order chi connectivity index (χ1) is 12.6. The summed E-state index contributed by atoms with van der Waals surface area (Å²) in [6.07, 6.45) is 1.85. The Bertz CT molecular complexity index is 886. The number of nitrogens with one attached hydrogen (secondary N) is 1. The second kappa shape index (κ2) is 8.49. The number of hydrogen-bond donors (Lipinski definition) is 1. The maximum Gasteiger partial charge on any atom is 0.251 e. The van der Waals surface area contributed by atoms with Crippen molar-refractivity contribution in [2.45, 2.75) is 33.2 Å². The van der Waals surface area contributed by atoms with Gasteiger partial charge in [0, 0.05) is 29.5 Å². The van der Waals surface area contributed by atoms with E-state index in [2.05, 4.69) is 51.8 Å². The lowest BCUT2D eigenvalue weighted by molar-refractivity contribution is 0.0954. The number of carbonyl (C=O) groups excluding carboxylic acids is 1. The highest BCUT2D eigenvalue weighted by molar-refractivity contribution is 9.10. The van der Waals surface area contributed by atoms with Gasteiger partial charge in [0.25, 0.3) is 5.91 Å². The third kappa shape index (κ3) is 4.33. The number of benzene rings is 2. The Hall–Kier alpha value is -2.14. The van der Waals surface area contributed by atoms with Gasteiger partial charge in [-0.1, -0.05) is 48.3 Å². The third-order valence-corrected chi connectivity index (χ3v) is 5.19. The lowest BCUT2D eigenvalue weighted by Crippen LogP contribution is -2.26. The largest absolute Gasteiger partial charge is 0.352 e. The second-order valence-electron chi connectivity index (χ2n) is 6.65. The number of imidazole rings is 1. The summed E-state index contributed by atoms with van der Waals surface area (Å²) in [5, 5.41) is 3.00. The van der Waals surface area contributed by atoms with Crippen LogP contribution in [0.15, 0.2) is 53.0 Å². The van der Waals surface area contributed by atoms with Gasteiger partial charge in [0.05, 0.1) is 11.0 Å². The summed E-state index contributed by atoms with van der Waals surface area (Å²) < 4.78 is 3.27. The molecule has 0 spiro atoms. The molecule has 1 unspecified atom stereocenters. The standard InChI is InChI=1S/C21H24BrN3O/c1-3-15(2)14-25-19-7-5-4-6-18(19)24-20(25)12-13-23-21(26)16-8-10-17(22)11-9-16/h4-11,15H,3,12-14H2,1-2H3,(H,23,26). The van der Waals surface area contributed by atoms with Crippen molar-refractivity contribution in [1.29, 1.82) is 0 Å². The molecule has 136 valence electrons. The van der Waals surface area contributed by atoms with Crippen molar-refractivity contribution in [1.82, 2.24) is 14.9 Å². The maximum absolute atomic E-state index is 12.3. The summed E-state index contributed by atoms with van der Waals surface area (Å²) in [7, 11) is 0. The third-order valence-electron chi connectivity index (χ3n) is 4.67. The zero-order valence-corrected chi connectivity index (χ0v) is 16.8. The summed E-state index contributed by atoms with van der Waals surface area (Å²) in [5.74, 6) is 1.56. The Morgan fingerprint density at radius 3 is 2.65 bits per heavy atom. The Morgan fingerprint density at radius 2 is 1.92 bits per heavy atom. The van der Waals surface area contributed by atoms with Crippen molar-refractivity contribution in [2.24, 2.45) is 5.92 Å². The molecule has 0 bridgehead atoms. The van der Waals surface area contributed by atoms with E-state index in [9.17, 15) is 4.79 Å². The molecule has 1 N–H and O–H groups in total. The van der Waals surface area contributed by atoms with Crippen LogP contribution in [-0.4, -0.2) is 22.0 Å². The first-order valence-corrected chi connectivity index (χ1v) is 9.85. The van der Waals surface area contributed by atoms with Gasteiger partial charge in [0.1, 0.15) is 5.82 Å². The predicted octanol–water partition coefficient (Wildman–Crippen LogP) is 4.82. The fourth-order valence-corrected chi connectivity index (χ4v) is 3.22. The van der Waals surface area contributed by atoms with Crippen molar-refractivity contribution in [2.75, 3.05) is 6.54 Å². The summed E-state index contributed by atoms with van der Waals surface area (Å²) in [5.41, 5.74) is 2.85. The first kappa shape index (κ1) is 18.6. The van der Waals surface area contributed by atoms with Crippen LogP contribution in [-0.2, 0) is 13.0 Å². The van der Waals surface area contributed by atoms with E-state index in [1.54, 1.807) is 0 Å². The number of rotatable bonds is 7. The van der Waals surface area contributed by atoms with Crippen molar-refractivity contribution < 1.29 is 4.79 Å². The average molecular weight is 414 g/mol. The Kier molecular flexibility index (Phi) is 6.09. The minimum atomic E-state index is -0.0536. The monoisotopic (exact) mass is 413 g/mol. The van der Waals surface area contributed by atoms with Crippen molar-refractivity contribution in [3.8, 4) is 0 Å². The SMILES string of the molecule is CCC(C)Cn1c(CCNC(=O)c2ccc(Br)cc2)nc2ccccc21. The van der Waals surface area contributed by atoms with Crippen LogP contribution in [0.4, 0.5) is 0 Å². The molecule has 0 fully saturated rings. The molecule has 1 heterocycles. The number of aromatic nitrogens is 2. The average Bonchev–Trinajstić information content (AvgIpc) is 2.99. The van der Waals surface area contributed by atoms with E-state index in [0.717, 1.165) is 28.8 Å². The molecular weight excluding hydrogens is 390 g/mol. The Labute approximate surface area is 162 Å². The predicted molar refractivity (Wildman–Crippen MR) is 109 cm³/mol. The van der Waals surface area contributed by atoms with Crippen LogP contribution in [0.2, 0.25) is 0 Å². The summed E-state index contributed by atoms with van der Waals surface area (Å²) >= 11 is 3.39. The van der Waals surface area contributed by atoms with Crippen LogP contribution in [0, 0.1) is 5.92 Å². The minimum absolute atomic E-state index is 0.0536. The molecule has 3 rings (SSSR count). The fraction of sp³-hybridized carbons (Fsp3) is 0.333. The van der Waals surface area contributed by atoms with E-state index in [0.29, 0.717) is 24.4 Å². The van der Waals surface area contributed by atoms with E-state index < -0.39 is 0 Å². The highest BCUT2D eigenvalue weighted by Crippen LogP contribution is 2.19. The molecule has 0 radical (unpaired) electrons. The highest BCUT2D eigenvalue weighted by Gasteiger charge is 2.13. The van der Waals surface area contributed by atoms with Crippen LogP contribution in [0.3, 0.4) is 0 Å². The summed E-state index contributed by atoms with van der Waals surface area (Å²) in [6, 6.07) is 15.6. The normalized spacial score (nSPS) is 12.3. The van der Waals surface area contributed by atoms with Gasteiger partial charge in [0.15, 0.2) is 0 Å². The number of hydrogen-bond acceptors (Lipinski definition) is 2. The molecule has 0 aliphatic carbocycles. The lowest BCUT2D eigenvalue weighted by Gasteiger charge is -2.14. The van der Waals surface area contributed by atoms with Gasteiger partial charge in [-0.15, -0.1) is 0 Å². The van der Waals surface area contributed by atoms with Crippen LogP contribution in [0.25, 0.3) is 11.0 Å². The fourth-order valence-electron chi connectivity index (χ4n) is 2.95. The van der Waals surface area contributed by atoms with Gasteiger partial charge >= 0.3 is 0 Å². The van der Waals surface area contributed by atoms with Crippen LogP contribution in [0.1, 0.15) is 36.5 Å². The molecule has 26 heavy (non-hydrogen) atoms. The molecule has 0 saturated heterocycles. The van der Waals surface area contributed by atoms with Crippen molar-refractivity contribution >= 4 is 32.9 Å². The van der Waals surface area contributed by atoms with Crippen LogP contribution >= 0.6 is 15.9 Å². The smallest absolute Gasteiger partial charge is 0.251 e. The quantitative estimate of drug-likeness (QED) is 0.603. The summed E-state index contributed by atoms with van der Waals surface area (Å²) in [4.78, 5) is 17.1. The van der Waals surface area contributed by atoms with Gasteiger partial charge in [-0.05, 0) is 42.3 Å². The molecule has 4 nitrogen and oxygen atoms in total.